The first-order valence-corrected chi connectivity index (χ1v) is 8.14. The number of nitrogens with one attached hydrogen (secondary N) is 1. The van der Waals surface area contributed by atoms with Gasteiger partial charge in [0.05, 0.1) is 25.3 Å². The third-order valence-electron chi connectivity index (χ3n) is 3.34. The highest BCUT2D eigenvalue weighted by atomic mass is 35.5. The second kappa shape index (κ2) is 9.11. The van der Waals surface area contributed by atoms with E-state index in [4.69, 9.17) is 26.2 Å². The molecule has 0 unspecified atom stereocenters. The van der Waals surface area contributed by atoms with E-state index in [0.717, 1.165) is 5.56 Å². The highest BCUT2D eigenvalue weighted by Gasteiger charge is 2.10. The molecule has 2 aromatic carbocycles. The minimum Gasteiger partial charge on any atom is -0.493 e. The fourth-order valence-electron chi connectivity index (χ4n) is 2.22. The first-order chi connectivity index (χ1) is 12.1. The molecule has 0 saturated carbocycles. The maximum absolute atomic E-state index is 12.0. The predicted molar refractivity (Wildman–Crippen MR) is 99.2 cm³/mol. The number of methoxy groups -OCH3 is 1. The third-order valence-corrected chi connectivity index (χ3v) is 3.63. The molecule has 0 fully saturated rings. The van der Waals surface area contributed by atoms with Crippen LogP contribution < -0.4 is 14.8 Å². The Kier molecular flexibility index (Phi) is 6.86. The Morgan fingerprint density at radius 2 is 2.12 bits per heavy atom. The molecule has 1 amide bonds. The van der Waals surface area contributed by atoms with Gasteiger partial charge in [0.25, 0.3) is 0 Å². The van der Waals surface area contributed by atoms with E-state index in [1.54, 1.807) is 42.5 Å². The summed E-state index contributed by atoms with van der Waals surface area (Å²) in [6.45, 7) is 2.25. The smallest absolute Gasteiger partial charge is 0.248 e. The summed E-state index contributed by atoms with van der Waals surface area (Å²) in [6, 6.07) is 10.4. The van der Waals surface area contributed by atoms with E-state index in [2.05, 4.69) is 5.32 Å². The number of aliphatic hydroxyl groups is 1. The number of hydrogen-bond donors (Lipinski definition) is 2. The van der Waals surface area contributed by atoms with Crippen LogP contribution in [0.2, 0.25) is 5.02 Å². The van der Waals surface area contributed by atoms with Gasteiger partial charge in [-0.05, 0) is 48.4 Å². The Morgan fingerprint density at radius 1 is 1.32 bits per heavy atom. The van der Waals surface area contributed by atoms with Crippen molar-refractivity contribution in [1.29, 1.82) is 0 Å². The lowest BCUT2D eigenvalue weighted by molar-refractivity contribution is -0.111. The molecule has 0 spiro atoms. The molecule has 0 aromatic heterocycles. The van der Waals surface area contributed by atoms with Gasteiger partial charge in [0.15, 0.2) is 11.5 Å². The summed E-state index contributed by atoms with van der Waals surface area (Å²) >= 11 is 6.21. The van der Waals surface area contributed by atoms with Crippen molar-refractivity contribution in [2.24, 2.45) is 0 Å². The van der Waals surface area contributed by atoms with Gasteiger partial charge < -0.3 is 19.9 Å². The molecule has 0 aliphatic heterocycles. The minimum absolute atomic E-state index is 0.0793. The van der Waals surface area contributed by atoms with E-state index in [0.29, 0.717) is 34.4 Å². The number of aliphatic hydroxyl groups excluding tert-OH is 1. The molecule has 0 saturated heterocycles. The van der Waals surface area contributed by atoms with E-state index < -0.39 is 0 Å². The summed E-state index contributed by atoms with van der Waals surface area (Å²) in [5, 5.41) is 12.3. The van der Waals surface area contributed by atoms with Gasteiger partial charge >= 0.3 is 0 Å². The van der Waals surface area contributed by atoms with Crippen LogP contribution in [0.15, 0.2) is 42.5 Å². The number of halogens is 1. The van der Waals surface area contributed by atoms with Crippen LogP contribution in [-0.4, -0.2) is 24.7 Å². The van der Waals surface area contributed by atoms with Crippen molar-refractivity contribution in [2.45, 2.75) is 13.5 Å². The van der Waals surface area contributed by atoms with Gasteiger partial charge in [-0.15, -0.1) is 0 Å². The zero-order valence-electron chi connectivity index (χ0n) is 14.1. The Morgan fingerprint density at radius 3 is 2.80 bits per heavy atom. The summed E-state index contributed by atoms with van der Waals surface area (Å²) in [5.74, 6) is 0.693. The number of hydrogen-bond acceptors (Lipinski definition) is 4. The largest absolute Gasteiger partial charge is 0.493 e. The van der Waals surface area contributed by atoms with Crippen LogP contribution in [-0.2, 0) is 11.4 Å². The van der Waals surface area contributed by atoms with Gasteiger partial charge in [0.1, 0.15) is 0 Å². The van der Waals surface area contributed by atoms with E-state index >= 15 is 0 Å². The van der Waals surface area contributed by atoms with Crippen molar-refractivity contribution >= 4 is 29.3 Å². The van der Waals surface area contributed by atoms with Crippen LogP contribution in [0.4, 0.5) is 5.69 Å². The maximum atomic E-state index is 12.0. The molecular formula is C19H20ClNO4. The van der Waals surface area contributed by atoms with Crippen LogP contribution >= 0.6 is 11.6 Å². The van der Waals surface area contributed by atoms with Crippen LogP contribution in [0, 0.1) is 0 Å². The number of benzene rings is 2. The van der Waals surface area contributed by atoms with Gasteiger partial charge in [-0.2, -0.15) is 0 Å². The highest BCUT2D eigenvalue weighted by Crippen LogP contribution is 2.36. The van der Waals surface area contributed by atoms with Crippen molar-refractivity contribution in [2.75, 3.05) is 19.0 Å². The number of rotatable bonds is 7. The van der Waals surface area contributed by atoms with Crippen molar-refractivity contribution in [3.63, 3.8) is 0 Å². The van der Waals surface area contributed by atoms with Crippen LogP contribution in [0.1, 0.15) is 18.1 Å². The fourth-order valence-corrected chi connectivity index (χ4v) is 2.50. The monoisotopic (exact) mass is 361 g/mol. The molecule has 2 N–H and O–H groups in total. The third kappa shape index (κ3) is 5.24. The molecule has 0 aliphatic rings. The molecular weight excluding hydrogens is 342 g/mol. The average Bonchev–Trinajstić information content (AvgIpc) is 2.62. The molecule has 132 valence electrons. The SMILES string of the molecule is CCOc1c(Cl)cc(/C=C/C(=O)Nc2cccc(CO)c2)cc1OC. The topological polar surface area (TPSA) is 67.8 Å². The first-order valence-electron chi connectivity index (χ1n) is 7.76. The van der Waals surface area contributed by atoms with E-state index in [1.807, 2.05) is 6.92 Å². The molecule has 0 bridgehead atoms. The minimum atomic E-state index is -0.293. The zero-order chi connectivity index (χ0) is 18.2. The number of carbonyl (C=O) groups is 1. The predicted octanol–water partition coefficient (Wildman–Crippen LogP) is 3.89. The standard InChI is InChI=1S/C19H20ClNO4/c1-3-25-19-16(20)10-13(11-17(19)24-2)7-8-18(23)21-15-6-4-5-14(9-15)12-22/h4-11,22H,3,12H2,1-2H3,(H,21,23)/b8-7+. The summed E-state index contributed by atoms with van der Waals surface area (Å²) in [4.78, 5) is 12.0. The molecule has 2 aromatic rings. The number of carbonyl (C=O) groups excluding carboxylic acids is 1. The quantitative estimate of drug-likeness (QED) is 0.734. The molecule has 0 aliphatic carbocycles. The lowest BCUT2D eigenvalue weighted by Gasteiger charge is -2.11. The Bertz CT molecular complexity index is 774. The molecule has 2 rings (SSSR count). The molecule has 0 atom stereocenters. The number of ether oxygens (including phenoxy) is 2. The van der Waals surface area contributed by atoms with E-state index in [1.165, 1.54) is 13.2 Å². The van der Waals surface area contributed by atoms with Crippen molar-refractivity contribution in [1.82, 2.24) is 0 Å². The maximum Gasteiger partial charge on any atom is 0.248 e. The summed E-state index contributed by atoms with van der Waals surface area (Å²) in [6.07, 6.45) is 3.03. The lowest BCUT2D eigenvalue weighted by atomic mass is 10.1. The molecule has 0 heterocycles. The van der Waals surface area contributed by atoms with Crippen molar-refractivity contribution in [3.8, 4) is 11.5 Å². The Labute approximate surface area is 151 Å². The number of anilines is 1. The second-order valence-corrected chi connectivity index (χ2v) is 5.56. The molecule has 0 radical (unpaired) electrons. The van der Waals surface area contributed by atoms with Crippen molar-refractivity contribution in [3.05, 3.63) is 58.6 Å². The number of amides is 1. The fraction of sp³-hybridized carbons (Fsp3) is 0.211. The first kappa shape index (κ1) is 18.8. The van der Waals surface area contributed by atoms with Crippen LogP contribution in [0.25, 0.3) is 6.08 Å². The normalized spacial score (nSPS) is 10.7. The zero-order valence-corrected chi connectivity index (χ0v) is 14.8. The van der Waals surface area contributed by atoms with Gasteiger partial charge in [-0.1, -0.05) is 23.7 Å². The lowest BCUT2D eigenvalue weighted by Crippen LogP contribution is -2.07. The molecule has 6 heteroatoms. The highest BCUT2D eigenvalue weighted by molar-refractivity contribution is 6.32. The van der Waals surface area contributed by atoms with E-state index in [9.17, 15) is 4.79 Å². The van der Waals surface area contributed by atoms with Crippen LogP contribution in [0.5, 0.6) is 11.5 Å². The van der Waals surface area contributed by atoms with Gasteiger partial charge in [-0.3, -0.25) is 4.79 Å². The summed E-state index contributed by atoms with van der Waals surface area (Å²) in [7, 11) is 1.53. The Balaban J connectivity index is 2.12. The molecule has 5 nitrogen and oxygen atoms in total. The van der Waals surface area contributed by atoms with Gasteiger partial charge in [0.2, 0.25) is 5.91 Å². The second-order valence-electron chi connectivity index (χ2n) is 5.15. The van der Waals surface area contributed by atoms with Gasteiger partial charge in [-0.25, -0.2) is 0 Å². The summed E-state index contributed by atoms with van der Waals surface area (Å²) in [5.41, 5.74) is 2.05. The Hall–Kier alpha value is -2.50. The average molecular weight is 362 g/mol. The van der Waals surface area contributed by atoms with Crippen LogP contribution in [0.3, 0.4) is 0 Å². The van der Waals surface area contributed by atoms with Gasteiger partial charge in [0, 0.05) is 11.8 Å². The summed E-state index contributed by atoms with van der Waals surface area (Å²) < 4.78 is 10.7. The van der Waals surface area contributed by atoms with Crippen molar-refractivity contribution < 1.29 is 19.4 Å². The van der Waals surface area contributed by atoms with E-state index in [-0.39, 0.29) is 12.5 Å². The molecule has 25 heavy (non-hydrogen) atoms.